The van der Waals surface area contributed by atoms with E-state index in [1.807, 2.05) is 29.0 Å². The predicted molar refractivity (Wildman–Crippen MR) is 118 cm³/mol. The first-order valence-electron chi connectivity index (χ1n) is 10.3. The van der Waals surface area contributed by atoms with Crippen LogP contribution in [0.2, 0.25) is 0 Å². The summed E-state index contributed by atoms with van der Waals surface area (Å²) in [6.07, 6.45) is 4.24. The molecule has 168 valence electrons. The number of hydrogen-bond acceptors (Lipinski definition) is 6. The fraction of sp³-hybridized carbons (Fsp3) is 0.435. The summed E-state index contributed by atoms with van der Waals surface area (Å²) in [5, 5.41) is 11.2. The van der Waals surface area contributed by atoms with Gasteiger partial charge in [0.05, 0.1) is 18.3 Å². The Morgan fingerprint density at radius 2 is 1.90 bits per heavy atom. The number of nitrogens with one attached hydrogen (secondary N) is 1. The number of methoxy groups -OCH3 is 1. The molecule has 7 nitrogen and oxygen atoms in total. The lowest BCUT2D eigenvalue weighted by Crippen LogP contribution is -2.43. The molecule has 1 saturated carbocycles. The Kier molecular flexibility index (Phi) is 7.03. The van der Waals surface area contributed by atoms with E-state index in [0.717, 1.165) is 37.1 Å². The maximum atomic E-state index is 11.2. The number of nitrogens with zero attached hydrogens (tertiary/aromatic N) is 1. The number of carbonyl (C=O) groups is 1. The third-order valence-corrected chi connectivity index (χ3v) is 7.23. The van der Waals surface area contributed by atoms with Crippen molar-refractivity contribution in [1.29, 1.82) is 0 Å². The average Bonchev–Trinajstić information content (AvgIpc) is 2.99. The quantitative estimate of drug-likeness (QED) is 0.750. The molecule has 0 aromatic heterocycles. The SMILES string of the molecule is COc1cccc([C@@]2(O)CCCC[C@@H]2CN(C)C)c1.O=C1NS(=O)(=O)c2ccccc21. The van der Waals surface area contributed by atoms with E-state index in [9.17, 15) is 18.3 Å². The van der Waals surface area contributed by atoms with Gasteiger partial charge in [-0.15, -0.1) is 0 Å². The van der Waals surface area contributed by atoms with Gasteiger partial charge in [-0.1, -0.05) is 37.1 Å². The van der Waals surface area contributed by atoms with E-state index in [2.05, 4.69) is 19.0 Å². The van der Waals surface area contributed by atoms with Crippen LogP contribution in [0.3, 0.4) is 0 Å². The van der Waals surface area contributed by atoms with Crippen molar-refractivity contribution >= 4 is 15.9 Å². The van der Waals surface area contributed by atoms with Crippen LogP contribution >= 0.6 is 0 Å². The summed E-state index contributed by atoms with van der Waals surface area (Å²) in [4.78, 5) is 13.2. The Morgan fingerprint density at radius 1 is 1.16 bits per heavy atom. The van der Waals surface area contributed by atoms with Crippen molar-refractivity contribution in [3.8, 4) is 5.75 Å². The molecule has 1 amide bonds. The molecule has 8 heteroatoms. The van der Waals surface area contributed by atoms with Crippen molar-refractivity contribution in [2.75, 3.05) is 27.7 Å². The van der Waals surface area contributed by atoms with Gasteiger partial charge < -0.3 is 14.7 Å². The van der Waals surface area contributed by atoms with Gasteiger partial charge in [-0.25, -0.2) is 13.1 Å². The molecule has 1 heterocycles. The summed E-state index contributed by atoms with van der Waals surface area (Å²) < 4.78 is 29.4. The Morgan fingerprint density at radius 3 is 2.58 bits per heavy atom. The van der Waals surface area contributed by atoms with Crippen LogP contribution in [-0.2, 0) is 15.6 Å². The van der Waals surface area contributed by atoms with Gasteiger partial charge in [0.2, 0.25) is 0 Å². The molecule has 2 aliphatic rings. The lowest BCUT2D eigenvalue weighted by Gasteiger charge is -2.41. The Hall–Kier alpha value is -2.42. The van der Waals surface area contributed by atoms with E-state index in [-0.39, 0.29) is 10.5 Å². The number of fused-ring (bicyclic) bond motifs is 1. The summed E-state index contributed by atoms with van der Waals surface area (Å²) in [6.45, 7) is 0.924. The molecular formula is C23H30N2O5S. The molecule has 31 heavy (non-hydrogen) atoms. The molecule has 0 spiro atoms. The Bertz CT molecular complexity index is 1040. The summed E-state index contributed by atoms with van der Waals surface area (Å²) in [5.41, 5.74) is 0.507. The maximum Gasteiger partial charge on any atom is 0.266 e. The predicted octanol–water partition coefficient (Wildman–Crippen LogP) is 2.75. The van der Waals surface area contributed by atoms with Crippen LogP contribution in [0.15, 0.2) is 53.4 Å². The highest BCUT2D eigenvalue weighted by Crippen LogP contribution is 2.42. The lowest BCUT2D eigenvalue weighted by molar-refractivity contribution is -0.0619. The minimum Gasteiger partial charge on any atom is -0.497 e. The molecule has 2 aromatic carbocycles. The van der Waals surface area contributed by atoms with Crippen LogP contribution in [0.1, 0.15) is 41.6 Å². The molecule has 1 aliphatic carbocycles. The number of rotatable bonds is 4. The highest BCUT2D eigenvalue weighted by Gasteiger charge is 2.40. The van der Waals surface area contributed by atoms with Crippen LogP contribution in [0.5, 0.6) is 5.75 Å². The molecular weight excluding hydrogens is 416 g/mol. The molecule has 0 saturated heterocycles. The zero-order valence-corrected chi connectivity index (χ0v) is 19.0. The summed E-state index contributed by atoms with van der Waals surface area (Å²) in [7, 11) is 2.25. The number of carbonyl (C=O) groups excluding carboxylic acids is 1. The Balaban J connectivity index is 0.000000194. The van der Waals surface area contributed by atoms with Gasteiger partial charge in [-0.3, -0.25) is 4.79 Å². The van der Waals surface area contributed by atoms with E-state index >= 15 is 0 Å². The standard InChI is InChI=1S/C16H25NO2.C7H5NO3S/c1-17(2)12-14-7-4-5-10-16(14,18)13-8-6-9-15(11-13)19-3;9-7-5-3-1-2-4-6(5)12(10,11)8-7/h6,8-9,11,14,18H,4-5,7,10,12H2,1-3H3;1-4H,(H,8,9)/t14-,16+;/m1./s1. The van der Waals surface area contributed by atoms with Crippen molar-refractivity contribution in [3.63, 3.8) is 0 Å². The normalized spacial score (nSPS) is 24.0. The van der Waals surface area contributed by atoms with Crippen LogP contribution in [-0.4, -0.2) is 52.1 Å². The van der Waals surface area contributed by atoms with Gasteiger partial charge in [0, 0.05) is 12.5 Å². The van der Waals surface area contributed by atoms with Crippen LogP contribution in [0.25, 0.3) is 0 Å². The van der Waals surface area contributed by atoms with E-state index in [1.165, 1.54) is 18.6 Å². The molecule has 2 aromatic rings. The molecule has 4 rings (SSSR count). The topological polar surface area (TPSA) is 95.9 Å². The van der Waals surface area contributed by atoms with Crippen molar-refractivity contribution < 1.29 is 23.1 Å². The Labute approximate surface area is 184 Å². The second-order valence-electron chi connectivity index (χ2n) is 8.29. The van der Waals surface area contributed by atoms with Gasteiger partial charge in [0.15, 0.2) is 0 Å². The van der Waals surface area contributed by atoms with Crippen LogP contribution in [0.4, 0.5) is 0 Å². The van der Waals surface area contributed by atoms with Crippen LogP contribution < -0.4 is 9.46 Å². The van der Waals surface area contributed by atoms with Crippen molar-refractivity contribution in [2.24, 2.45) is 5.92 Å². The second-order valence-corrected chi connectivity index (χ2v) is 9.94. The van der Waals surface area contributed by atoms with E-state index in [0.29, 0.717) is 5.92 Å². The fourth-order valence-electron chi connectivity index (χ4n) is 4.30. The third kappa shape index (κ3) is 5.08. The number of ether oxygens (including phenoxy) is 1. The summed E-state index contributed by atoms with van der Waals surface area (Å²) in [5.74, 6) is 0.564. The molecule has 1 aliphatic heterocycles. The second kappa shape index (κ2) is 9.38. The van der Waals surface area contributed by atoms with Gasteiger partial charge >= 0.3 is 0 Å². The highest BCUT2D eigenvalue weighted by atomic mass is 32.2. The largest absolute Gasteiger partial charge is 0.497 e. The number of aliphatic hydroxyl groups is 1. The molecule has 0 unspecified atom stereocenters. The first-order chi connectivity index (χ1) is 14.7. The van der Waals surface area contributed by atoms with E-state index in [1.54, 1.807) is 19.2 Å². The van der Waals surface area contributed by atoms with E-state index < -0.39 is 21.5 Å². The average molecular weight is 447 g/mol. The van der Waals surface area contributed by atoms with Gasteiger partial charge in [-0.05, 0) is 56.8 Å². The molecule has 0 radical (unpaired) electrons. The smallest absolute Gasteiger partial charge is 0.266 e. The minimum absolute atomic E-state index is 0.0648. The molecule has 1 fully saturated rings. The van der Waals surface area contributed by atoms with Crippen LogP contribution in [0, 0.1) is 5.92 Å². The zero-order valence-electron chi connectivity index (χ0n) is 18.2. The zero-order chi connectivity index (χ0) is 22.6. The van der Waals surface area contributed by atoms with Gasteiger partial charge in [-0.2, -0.15) is 0 Å². The monoisotopic (exact) mass is 446 g/mol. The molecule has 0 bridgehead atoms. The molecule has 2 atom stereocenters. The van der Waals surface area contributed by atoms with Crippen molar-refractivity contribution in [1.82, 2.24) is 9.62 Å². The molecule has 2 N–H and O–H groups in total. The number of amides is 1. The number of sulfonamides is 1. The van der Waals surface area contributed by atoms with Gasteiger partial charge in [0.25, 0.3) is 15.9 Å². The lowest BCUT2D eigenvalue weighted by atomic mass is 9.71. The summed E-state index contributed by atoms with van der Waals surface area (Å²) >= 11 is 0. The maximum absolute atomic E-state index is 11.2. The number of hydrogen-bond donors (Lipinski definition) is 2. The number of benzene rings is 2. The fourth-order valence-corrected chi connectivity index (χ4v) is 5.48. The first-order valence-corrected chi connectivity index (χ1v) is 11.8. The third-order valence-electron chi connectivity index (χ3n) is 5.84. The van der Waals surface area contributed by atoms with E-state index in [4.69, 9.17) is 4.74 Å². The minimum atomic E-state index is -3.55. The van der Waals surface area contributed by atoms with Crippen molar-refractivity contribution in [2.45, 2.75) is 36.2 Å². The highest BCUT2D eigenvalue weighted by molar-refractivity contribution is 7.90. The van der Waals surface area contributed by atoms with Gasteiger partial charge in [0.1, 0.15) is 10.6 Å². The summed E-state index contributed by atoms with van der Waals surface area (Å²) in [6, 6.07) is 14.0. The van der Waals surface area contributed by atoms with Crippen molar-refractivity contribution in [3.05, 3.63) is 59.7 Å². The first kappa shape index (κ1) is 23.2.